The highest BCUT2D eigenvalue weighted by molar-refractivity contribution is 5.99. The molecule has 0 bridgehead atoms. The molecule has 0 amide bonds. The maximum absolute atomic E-state index is 12.2. The smallest absolute Gasteiger partial charge is 0.310 e. The molecule has 0 saturated heterocycles. The predicted molar refractivity (Wildman–Crippen MR) is 139 cm³/mol. The first-order valence-electron chi connectivity index (χ1n) is 11.8. The Balaban J connectivity index is 2.73. The molecule has 35 heavy (non-hydrogen) atoms. The van der Waals surface area contributed by atoms with Gasteiger partial charge in [0.2, 0.25) is 0 Å². The number of phenolic OH excluding ortho intramolecular Hbond substituents is 1. The highest BCUT2D eigenvalue weighted by Gasteiger charge is 2.24. The molecule has 192 valence electrons. The van der Waals surface area contributed by atoms with E-state index in [1.165, 1.54) is 24.8 Å². The zero-order valence-corrected chi connectivity index (χ0v) is 21.9. The third-order valence-electron chi connectivity index (χ3n) is 5.65. The summed E-state index contributed by atoms with van der Waals surface area (Å²) in [4.78, 5) is 23.9. The van der Waals surface area contributed by atoms with Crippen LogP contribution in [0, 0.1) is 0 Å². The van der Waals surface area contributed by atoms with Crippen LogP contribution in [-0.4, -0.2) is 40.8 Å². The van der Waals surface area contributed by atoms with Crippen LogP contribution < -0.4 is 4.74 Å². The number of aliphatic hydroxyl groups is 1. The summed E-state index contributed by atoms with van der Waals surface area (Å²) < 4.78 is 11.0. The second-order valence-corrected chi connectivity index (χ2v) is 9.23. The number of benzene rings is 1. The van der Waals surface area contributed by atoms with E-state index in [0.29, 0.717) is 29.7 Å². The summed E-state index contributed by atoms with van der Waals surface area (Å²) in [5, 5.41) is 19.7. The van der Waals surface area contributed by atoms with E-state index >= 15 is 0 Å². The van der Waals surface area contributed by atoms with Crippen molar-refractivity contribution in [1.82, 2.24) is 0 Å². The van der Waals surface area contributed by atoms with E-state index in [2.05, 4.69) is 12.7 Å². The zero-order valence-electron chi connectivity index (χ0n) is 21.9. The molecule has 0 saturated carbocycles. The van der Waals surface area contributed by atoms with Crippen LogP contribution in [0.25, 0.3) is 0 Å². The third-order valence-corrected chi connectivity index (χ3v) is 5.65. The molecular formula is C29H40O6. The third kappa shape index (κ3) is 10.8. The number of ketones is 1. The topological polar surface area (TPSA) is 93.1 Å². The van der Waals surface area contributed by atoms with Gasteiger partial charge in [0.1, 0.15) is 23.2 Å². The fourth-order valence-corrected chi connectivity index (χ4v) is 3.43. The molecule has 6 nitrogen and oxygen atoms in total. The van der Waals surface area contributed by atoms with Gasteiger partial charge in [-0.1, -0.05) is 29.9 Å². The Kier molecular flexibility index (Phi) is 12.2. The maximum Gasteiger partial charge on any atom is 0.310 e. The molecular weight excluding hydrogens is 444 g/mol. The van der Waals surface area contributed by atoms with Crippen LogP contribution in [0.3, 0.4) is 0 Å². The molecule has 1 rings (SSSR count). The lowest BCUT2D eigenvalue weighted by Gasteiger charge is -2.28. The Morgan fingerprint density at radius 1 is 1.14 bits per heavy atom. The lowest BCUT2D eigenvalue weighted by Crippen LogP contribution is -2.30. The first-order chi connectivity index (χ1) is 16.4. The quantitative estimate of drug-likeness (QED) is 0.197. The second kappa shape index (κ2) is 14.3. The van der Waals surface area contributed by atoms with Crippen molar-refractivity contribution >= 4 is 11.8 Å². The van der Waals surface area contributed by atoms with Crippen molar-refractivity contribution in [2.24, 2.45) is 0 Å². The van der Waals surface area contributed by atoms with Gasteiger partial charge in [0, 0.05) is 5.56 Å². The van der Waals surface area contributed by atoms with E-state index < -0.39 is 17.7 Å². The average Bonchev–Trinajstić information content (AvgIpc) is 2.79. The van der Waals surface area contributed by atoms with Crippen LogP contribution in [0.2, 0.25) is 0 Å². The molecule has 0 aromatic heterocycles. The first-order valence-corrected chi connectivity index (χ1v) is 11.8. The number of methoxy groups -OCH3 is 1. The van der Waals surface area contributed by atoms with Gasteiger partial charge in [-0.25, -0.2) is 0 Å². The predicted octanol–water partition coefficient (Wildman–Crippen LogP) is 5.78. The van der Waals surface area contributed by atoms with Crippen molar-refractivity contribution in [2.75, 3.05) is 7.11 Å². The van der Waals surface area contributed by atoms with Crippen molar-refractivity contribution in [2.45, 2.75) is 78.4 Å². The van der Waals surface area contributed by atoms with Crippen molar-refractivity contribution < 1.29 is 29.3 Å². The van der Waals surface area contributed by atoms with E-state index in [9.17, 15) is 19.8 Å². The van der Waals surface area contributed by atoms with Crippen molar-refractivity contribution in [3.8, 4) is 11.5 Å². The maximum atomic E-state index is 12.2. The molecule has 2 atom stereocenters. The van der Waals surface area contributed by atoms with Gasteiger partial charge in [-0.05, 0) is 96.2 Å². The van der Waals surface area contributed by atoms with Gasteiger partial charge in [-0.15, -0.1) is 0 Å². The summed E-state index contributed by atoms with van der Waals surface area (Å²) in [5.74, 6) is -0.145. The van der Waals surface area contributed by atoms with Crippen LogP contribution in [0.4, 0.5) is 0 Å². The molecule has 2 N–H and O–H groups in total. The number of hydrogen-bond acceptors (Lipinski definition) is 6. The Hall–Kier alpha value is -3.12. The monoisotopic (exact) mass is 484 g/mol. The largest absolute Gasteiger partial charge is 0.508 e. The minimum Gasteiger partial charge on any atom is -0.508 e. The van der Waals surface area contributed by atoms with E-state index in [1.807, 2.05) is 33.8 Å². The van der Waals surface area contributed by atoms with Crippen molar-refractivity contribution in [1.29, 1.82) is 0 Å². The highest BCUT2D eigenvalue weighted by atomic mass is 16.5. The fourth-order valence-electron chi connectivity index (χ4n) is 3.43. The van der Waals surface area contributed by atoms with Gasteiger partial charge in [-0.3, -0.25) is 9.59 Å². The Labute approximate surface area is 209 Å². The van der Waals surface area contributed by atoms with Crippen LogP contribution in [0.5, 0.6) is 11.5 Å². The molecule has 6 heteroatoms. The molecule has 0 aliphatic heterocycles. The Bertz CT molecular complexity index is 981. The number of carbonyl (C=O) groups is 2. The van der Waals surface area contributed by atoms with E-state index in [0.717, 1.165) is 18.4 Å². The number of phenols is 1. The van der Waals surface area contributed by atoms with Gasteiger partial charge in [-0.2, -0.15) is 0 Å². The molecule has 1 aromatic carbocycles. The highest BCUT2D eigenvalue weighted by Crippen LogP contribution is 2.30. The molecule has 0 fully saturated rings. The normalized spacial score (nSPS) is 14.5. The van der Waals surface area contributed by atoms with Crippen LogP contribution in [0.1, 0.15) is 65.9 Å². The molecule has 1 unspecified atom stereocenters. The van der Waals surface area contributed by atoms with Crippen LogP contribution in [0.15, 0.2) is 65.8 Å². The number of esters is 1. The number of aromatic hydroxyl groups is 1. The van der Waals surface area contributed by atoms with Crippen LogP contribution in [-0.2, 0) is 20.7 Å². The first kappa shape index (κ1) is 29.9. The van der Waals surface area contributed by atoms with Crippen molar-refractivity contribution in [3.63, 3.8) is 0 Å². The lowest BCUT2D eigenvalue weighted by molar-refractivity contribution is -0.139. The molecule has 0 aliphatic rings. The summed E-state index contributed by atoms with van der Waals surface area (Å²) in [6.45, 7) is 13.3. The standard InChI is InChI=1S/C29H40O6/c1-8-29(6,35-26-15-14-24(30)18-23(26)19-27(32)34-7)16-10-12-21(4)11-9-13-22(5)28(33)25(31)17-20(2)3/h8,12-15,17-18,25,30-31H,1,9-11,16,19H2,2-7H3/b21-12+,22-13+/t25-,29?/m0/s1. The van der Waals surface area contributed by atoms with Gasteiger partial charge in [0.15, 0.2) is 5.78 Å². The summed E-state index contributed by atoms with van der Waals surface area (Å²) in [5.41, 5.74) is 2.52. The average molecular weight is 485 g/mol. The summed E-state index contributed by atoms with van der Waals surface area (Å²) in [6, 6.07) is 4.66. The molecule has 1 aromatic rings. The SMILES string of the molecule is C=CC(C)(CC/C=C(\C)CC/C=C(\C)C(=O)[C@@H](O)C=C(C)C)Oc1ccc(O)cc1CC(=O)OC. The van der Waals surface area contributed by atoms with E-state index in [1.54, 1.807) is 25.1 Å². The van der Waals surface area contributed by atoms with Gasteiger partial charge in [0.05, 0.1) is 13.5 Å². The van der Waals surface area contributed by atoms with Gasteiger partial charge < -0.3 is 19.7 Å². The minimum atomic E-state index is -1.09. The number of rotatable bonds is 14. The number of Topliss-reactive ketones (excluding diaryl/α,β-unsaturated/α-hetero) is 1. The van der Waals surface area contributed by atoms with E-state index in [4.69, 9.17) is 9.47 Å². The number of allylic oxidation sites excluding steroid dienone is 4. The summed E-state index contributed by atoms with van der Waals surface area (Å²) >= 11 is 0. The van der Waals surface area contributed by atoms with Gasteiger partial charge in [0.25, 0.3) is 0 Å². The number of hydrogen-bond donors (Lipinski definition) is 2. The van der Waals surface area contributed by atoms with Gasteiger partial charge >= 0.3 is 5.97 Å². The summed E-state index contributed by atoms with van der Waals surface area (Å²) in [7, 11) is 1.32. The fraction of sp³-hybridized carbons (Fsp3) is 0.448. The Morgan fingerprint density at radius 3 is 2.43 bits per heavy atom. The lowest BCUT2D eigenvalue weighted by atomic mass is 9.97. The molecule has 0 aliphatic carbocycles. The zero-order chi connectivity index (χ0) is 26.6. The number of aliphatic hydroxyl groups excluding tert-OH is 1. The van der Waals surface area contributed by atoms with Crippen LogP contribution >= 0.6 is 0 Å². The molecule has 0 spiro atoms. The number of ether oxygens (including phenoxy) is 2. The summed E-state index contributed by atoms with van der Waals surface area (Å²) in [6.07, 6.45) is 9.12. The van der Waals surface area contributed by atoms with E-state index in [-0.39, 0.29) is 18.0 Å². The second-order valence-electron chi connectivity index (χ2n) is 9.23. The number of carbonyl (C=O) groups excluding carboxylic acids is 2. The Morgan fingerprint density at radius 2 is 1.83 bits per heavy atom. The minimum absolute atomic E-state index is 0.00668. The molecule has 0 heterocycles. The molecule has 0 radical (unpaired) electrons. The van der Waals surface area contributed by atoms with Crippen molar-refractivity contribution in [3.05, 3.63) is 71.4 Å².